The molecule has 0 atom stereocenters. The van der Waals surface area contributed by atoms with E-state index in [1.54, 1.807) is 31.3 Å². The Kier molecular flexibility index (Phi) is 10.1. The molecular weight excluding hydrogens is 433 g/mol. The first-order chi connectivity index (χ1) is 14.5. The highest BCUT2D eigenvalue weighted by molar-refractivity contribution is 6.42. The Hall–Kier alpha value is -2.13. The Balaban J connectivity index is 2.07. The lowest BCUT2D eigenvalue weighted by molar-refractivity contribution is 0.0708. The van der Waals surface area contributed by atoms with Crippen LogP contribution < -0.4 is 5.32 Å². The molecule has 0 spiro atoms. The molecule has 0 unspecified atom stereocenters. The van der Waals surface area contributed by atoms with Crippen molar-refractivity contribution in [2.24, 2.45) is 0 Å². The van der Waals surface area contributed by atoms with Crippen molar-refractivity contribution in [1.29, 1.82) is 0 Å². The molecule has 2 aromatic rings. The van der Waals surface area contributed by atoms with E-state index in [9.17, 15) is 9.59 Å². The number of amides is 2. The molecular formula is C20H25Cl2N3O5. The van der Waals surface area contributed by atoms with Gasteiger partial charge in [-0.3, -0.25) is 9.59 Å². The first-order valence-corrected chi connectivity index (χ1v) is 10.2. The highest BCUT2D eigenvalue weighted by atomic mass is 35.5. The van der Waals surface area contributed by atoms with Crippen molar-refractivity contribution in [3.05, 3.63) is 51.7 Å². The molecule has 10 heteroatoms. The molecule has 1 aromatic heterocycles. The maximum atomic E-state index is 13.0. The average molecular weight is 458 g/mol. The van der Waals surface area contributed by atoms with Crippen molar-refractivity contribution in [3.63, 3.8) is 0 Å². The number of nitrogens with zero attached hydrogens (tertiary/aromatic N) is 2. The predicted molar refractivity (Wildman–Crippen MR) is 113 cm³/mol. The van der Waals surface area contributed by atoms with Gasteiger partial charge in [-0.1, -0.05) is 23.2 Å². The molecule has 1 aromatic carbocycles. The fourth-order valence-corrected chi connectivity index (χ4v) is 2.92. The smallest absolute Gasteiger partial charge is 0.273 e. The molecule has 0 aliphatic rings. The van der Waals surface area contributed by atoms with Gasteiger partial charge in [0, 0.05) is 46.1 Å². The van der Waals surface area contributed by atoms with Crippen LogP contribution in [0.4, 0.5) is 0 Å². The molecule has 1 N–H and O–H groups in total. The Morgan fingerprint density at radius 3 is 2.57 bits per heavy atom. The number of hydrogen-bond donors (Lipinski definition) is 1. The molecule has 0 fully saturated rings. The minimum absolute atomic E-state index is 0.0970. The number of halogens is 2. The van der Waals surface area contributed by atoms with Crippen LogP contribution in [0, 0.1) is 0 Å². The van der Waals surface area contributed by atoms with Crippen LogP contribution >= 0.6 is 23.2 Å². The molecule has 0 aliphatic heterocycles. The van der Waals surface area contributed by atoms with Crippen molar-refractivity contribution in [3.8, 4) is 0 Å². The van der Waals surface area contributed by atoms with E-state index in [0.717, 1.165) is 0 Å². The molecule has 0 aliphatic carbocycles. The molecule has 164 valence electrons. The Bertz CT molecular complexity index is 844. The summed E-state index contributed by atoms with van der Waals surface area (Å²) in [7, 11) is 3.19. The summed E-state index contributed by atoms with van der Waals surface area (Å²) in [6, 6.07) is 4.69. The molecule has 2 rings (SSSR count). The third kappa shape index (κ3) is 7.28. The monoisotopic (exact) mass is 457 g/mol. The maximum Gasteiger partial charge on any atom is 0.273 e. The molecule has 0 radical (unpaired) electrons. The van der Waals surface area contributed by atoms with Gasteiger partial charge in [-0.2, -0.15) is 0 Å². The maximum absolute atomic E-state index is 13.0. The van der Waals surface area contributed by atoms with E-state index < -0.39 is 0 Å². The fraction of sp³-hybridized carbons (Fsp3) is 0.450. The molecule has 30 heavy (non-hydrogen) atoms. The van der Waals surface area contributed by atoms with E-state index in [0.29, 0.717) is 54.8 Å². The largest absolute Gasteiger partial charge is 0.446 e. The summed E-state index contributed by atoms with van der Waals surface area (Å²) in [4.78, 5) is 30.9. The van der Waals surface area contributed by atoms with Gasteiger partial charge < -0.3 is 24.1 Å². The van der Waals surface area contributed by atoms with Crippen molar-refractivity contribution in [2.45, 2.75) is 19.4 Å². The van der Waals surface area contributed by atoms with Crippen LogP contribution in [0.2, 0.25) is 10.0 Å². The zero-order valence-electron chi connectivity index (χ0n) is 17.0. The van der Waals surface area contributed by atoms with Crippen LogP contribution in [-0.4, -0.2) is 62.2 Å². The minimum atomic E-state index is -0.345. The quantitative estimate of drug-likeness (QED) is 0.490. The van der Waals surface area contributed by atoms with Crippen molar-refractivity contribution >= 4 is 35.0 Å². The Labute approximate surface area is 185 Å². The zero-order valence-corrected chi connectivity index (χ0v) is 18.5. The van der Waals surface area contributed by atoms with Crippen molar-refractivity contribution in [1.82, 2.24) is 15.2 Å². The summed E-state index contributed by atoms with van der Waals surface area (Å²) in [5.41, 5.74) is 0.547. The van der Waals surface area contributed by atoms with Crippen molar-refractivity contribution < 1.29 is 23.5 Å². The number of benzene rings is 1. The number of oxazole rings is 1. The SMILES string of the molecule is COCCCNC(=O)c1coc(CN(CCCOC)C(=O)c2ccc(Cl)c(Cl)c2)n1. The van der Waals surface area contributed by atoms with Crippen LogP contribution in [0.5, 0.6) is 0 Å². The molecule has 0 saturated carbocycles. The van der Waals surface area contributed by atoms with Crippen LogP contribution in [0.25, 0.3) is 0 Å². The second-order valence-corrected chi connectivity index (χ2v) is 7.25. The molecule has 0 saturated heterocycles. The second kappa shape index (κ2) is 12.5. The lowest BCUT2D eigenvalue weighted by Crippen LogP contribution is -2.32. The average Bonchev–Trinajstić information content (AvgIpc) is 3.20. The minimum Gasteiger partial charge on any atom is -0.446 e. The summed E-state index contributed by atoms with van der Waals surface area (Å²) in [6.45, 7) is 2.02. The topological polar surface area (TPSA) is 93.9 Å². The van der Waals surface area contributed by atoms with Crippen LogP contribution in [0.1, 0.15) is 39.6 Å². The molecule has 2 amide bonds. The van der Waals surface area contributed by atoms with Gasteiger partial charge in [0.1, 0.15) is 6.26 Å². The van der Waals surface area contributed by atoms with Crippen molar-refractivity contribution in [2.75, 3.05) is 40.5 Å². The molecule has 0 bridgehead atoms. The van der Waals surface area contributed by atoms with Gasteiger partial charge in [0.2, 0.25) is 5.89 Å². The summed E-state index contributed by atoms with van der Waals surface area (Å²) < 4.78 is 15.4. The van der Waals surface area contributed by atoms with E-state index in [4.69, 9.17) is 37.1 Å². The van der Waals surface area contributed by atoms with E-state index in [1.165, 1.54) is 12.3 Å². The van der Waals surface area contributed by atoms with Crippen LogP contribution in [0.15, 0.2) is 28.9 Å². The first-order valence-electron chi connectivity index (χ1n) is 9.41. The third-order valence-electron chi connectivity index (χ3n) is 4.15. The lowest BCUT2D eigenvalue weighted by atomic mass is 10.2. The lowest BCUT2D eigenvalue weighted by Gasteiger charge is -2.21. The summed E-state index contributed by atoms with van der Waals surface area (Å²) in [5.74, 6) is -0.348. The molecule has 8 nitrogen and oxygen atoms in total. The van der Waals surface area contributed by atoms with E-state index in [1.807, 2.05) is 0 Å². The number of aromatic nitrogens is 1. The van der Waals surface area contributed by atoms with E-state index >= 15 is 0 Å². The summed E-state index contributed by atoms with van der Waals surface area (Å²) >= 11 is 12.0. The number of rotatable bonds is 12. The van der Waals surface area contributed by atoms with E-state index in [2.05, 4.69) is 10.3 Å². The Morgan fingerprint density at radius 1 is 1.13 bits per heavy atom. The van der Waals surface area contributed by atoms with Crippen LogP contribution in [-0.2, 0) is 16.0 Å². The Morgan fingerprint density at radius 2 is 1.87 bits per heavy atom. The first kappa shape index (κ1) is 24.1. The number of hydrogen-bond acceptors (Lipinski definition) is 6. The van der Waals surface area contributed by atoms with Gasteiger partial charge in [-0.15, -0.1) is 0 Å². The third-order valence-corrected chi connectivity index (χ3v) is 4.89. The van der Waals surface area contributed by atoms with Gasteiger partial charge >= 0.3 is 0 Å². The number of nitrogens with one attached hydrogen (secondary N) is 1. The standard InChI is InChI=1S/C20H25Cl2N3O5/c1-28-9-3-7-23-19(26)17-13-30-18(24-17)12-25(8-4-10-29-2)20(27)14-5-6-15(21)16(22)11-14/h5-6,11,13H,3-4,7-10,12H2,1-2H3,(H,23,26). The van der Waals surface area contributed by atoms with Crippen LogP contribution in [0.3, 0.4) is 0 Å². The van der Waals surface area contributed by atoms with Gasteiger partial charge in [-0.05, 0) is 31.0 Å². The second-order valence-electron chi connectivity index (χ2n) is 6.43. The van der Waals surface area contributed by atoms with E-state index in [-0.39, 0.29) is 29.9 Å². The predicted octanol–water partition coefficient (Wildman–Crippen LogP) is 3.43. The van der Waals surface area contributed by atoms with Gasteiger partial charge in [0.05, 0.1) is 16.6 Å². The zero-order chi connectivity index (χ0) is 21.9. The summed E-state index contributed by atoms with van der Waals surface area (Å²) in [6.07, 6.45) is 2.59. The van der Waals surface area contributed by atoms with Gasteiger partial charge in [0.25, 0.3) is 11.8 Å². The number of methoxy groups -OCH3 is 2. The normalized spacial score (nSPS) is 10.8. The highest BCUT2D eigenvalue weighted by Gasteiger charge is 2.20. The fourth-order valence-electron chi connectivity index (χ4n) is 2.62. The van der Waals surface area contributed by atoms with Gasteiger partial charge in [0.15, 0.2) is 5.69 Å². The number of carbonyl (C=O) groups is 2. The molecule has 1 heterocycles. The highest BCUT2D eigenvalue weighted by Crippen LogP contribution is 2.23. The van der Waals surface area contributed by atoms with Gasteiger partial charge in [-0.25, -0.2) is 4.98 Å². The number of carbonyl (C=O) groups excluding carboxylic acids is 2. The number of ether oxygens (including phenoxy) is 2. The summed E-state index contributed by atoms with van der Waals surface area (Å²) in [5, 5.41) is 3.40.